The summed E-state index contributed by atoms with van der Waals surface area (Å²) >= 11 is 0. The second-order valence-corrected chi connectivity index (χ2v) is 6.44. The zero-order valence-corrected chi connectivity index (χ0v) is 19.5. The fraction of sp³-hybridized carbons (Fsp3) is 0.650. The molecule has 7 nitrogen and oxygen atoms in total. The van der Waals surface area contributed by atoms with Gasteiger partial charge >= 0.3 is 0 Å². The number of benzene rings is 1. The number of ether oxygens (including phenoxy) is 4. The minimum Gasteiger partial charge on any atom is -0.488 e. The maximum atomic E-state index is 6.15. The predicted molar refractivity (Wildman–Crippen MR) is 122 cm³/mol. The minimum atomic E-state index is 0. The number of guanidine groups is 1. The SMILES string of the molecule is CCNC(=NCc1ccc(C)cc1OC1CCOC1)NCCOCCOC.I. The number of nitrogens with zero attached hydrogens (tertiary/aromatic N) is 1. The van der Waals surface area contributed by atoms with E-state index in [1.54, 1.807) is 7.11 Å². The second-order valence-electron chi connectivity index (χ2n) is 6.44. The molecule has 1 aliphatic heterocycles. The van der Waals surface area contributed by atoms with Crippen LogP contribution in [0.15, 0.2) is 23.2 Å². The molecule has 0 aromatic heterocycles. The van der Waals surface area contributed by atoms with Crippen LogP contribution in [0.2, 0.25) is 0 Å². The third-order valence-corrected chi connectivity index (χ3v) is 4.13. The summed E-state index contributed by atoms with van der Waals surface area (Å²) in [5, 5.41) is 6.54. The Balaban J connectivity index is 0.00000392. The van der Waals surface area contributed by atoms with Gasteiger partial charge in [0.15, 0.2) is 5.96 Å². The average Bonchev–Trinajstić information content (AvgIpc) is 3.16. The van der Waals surface area contributed by atoms with E-state index in [0.717, 1.165) is 36.8 Å². The van der Waals surface area contributed by atoms with Crippen LogP contribution < -0.4 is 15.4 Å². The van der Waals surface area contributed by atoms with Crippen LogP contribution >= 0.6 is 24.0 Å². The Labute approximate surface area is 185 Å². The maximum absolute atomic E-state index is 6.15. The predicted octanol–water partition coefficient (Wildman–Crippen LogP) is 2.50. The van der Waals surface area contributed by atoms with Gasteiger partial charge in [0.25, 0.3) is 0 Å². The van der Waals surface area contributed by atoms with Crippen molar-refractivity contribution in [3.8, 4) is 5.75 Å². The molecule has 0 radical (unpaired) electrons. The molecule has 2 N–H and O–H groups in total. The van der Waals surface area contributed by atoms with E-state index in [2.05, 4.69) is 40.7 Å². The molecule has 2 rings (SSSR count). The first-order valence-corrected chi connectivity index (χ1v) is 9.65. The number of hydrogen-bond donors (Lipinski definition) is 2. The molecule has 0 saturated carbocycles. The molecular weight excluding hydrogens is 473 g/mol. The standard InChI is InChI=1S/C20H33N3O4.HI/c1-4-21-20(22-8-10-25-12-11-24-3)23-14-17-6-5-16(2)13-19(17)27-18-7-9-26-15-18;/h5-6,13,18H,4,7-12,14-15H2,1-3H3,(H2,21,22,23);1H. The molecule has 0 spiro atoms. The highest BCUT2D eigenvalue weighted by Crippen LogP contribution is 2.24. The molecule has 1 unspecified atom stereocenters. The van der Waals surface area contributed by atoms with Gasteiger partial charge in [-0.15, -0.1) is 24.0 Å². The van der Waals surface area contributed by atoms with Crippen molar-refractivity contribution in [3.63, 3.8) is 0 Å². The Kier molecular flexibility index (Phi) is 13.2. The maximum Gasteiger partial charge on any atom is 0.191 e. The summed E-state index contributed by atoms with van der Waals surface area (Å²) in [4.78, 5) is 4.69. The summed E-state index contributed by atoms with van der Waals surface area (Å²) in [7, 11) is 1.67. The van der Waals surface area contributed by atoms with Crippen molar-refractivity contribution in [2.45, 2.75) is 32.9 Å². The molecule has 1 aromatic carbocycles. The largest absolute Gasteiger partial charge is 0.488 e. The summed E-state index contributed by atoms with van der Waals surface area (Å²) in [6, 6.07) is 6.25. The molecular formula is C20H34IN3O4. The number of aliphatic imine (C=N–C) groups is 1. The quantitative estimate of drug-likeness (QED) is 0.208. The summed E-state index contributed by atoms with van der Waals surface area (Å²) < 4.78 is 22.0. The van der Waals surface area contributed by atoms with Gasteiger partial charge in [0.2, 0.25) is 0 Å². The normalized spacial score (nSPS) is 16.5. The second kappa shape index (κ2) is 14.8. The van der Waals surface area contributed by atoms with Gasteiger partial charge in [-0.1, -0.05) is 12.1 Å². The van der Waals surface area contributed by atoms with Crippen molar-refractivity contribution >= 4 is 29.9 Å². The van der Waals surface area contributed by atoms with Gasteiger partial charge in [-0.25, -0.2) is 4.99 Å². The molecule has 28 heavy (non-hydrogen) atoms. The van der Waals surface area contributed by atoms with Gasteiger partial charge in [0.05, 0.1) is 39.6 Å². The van der Waals surface area contributed by atoms with Crippen LogP contribution in [0, 0.1) is 6.92 Å². The number of hydrogen-bond acceptors (Lipinski definition) is 5. The smallest absolute Gasteiger partial charge is 0.191 e. The van der Waals surface area contributed by atoms with Crippen LogP contribution in [0.1, 0.15) is 24.5 Å². The first-order valence-electron chi connectivity index (χ1n) is 9.65. The van der Waals surface area contributed by atoms with Gasteiger partial charge < -0.3 is 29.6 Å². The zero-order valence-electron chi connectivity index (χ0n) is 17.2. The van der Waals surface area contributed by atoms with E-state index < -0.39 is 0 Å². The first-order chi connectivity index (χ1) is 13.2. The minimum absolute atomic E-state index is 0. The number of aryl methyl sites for hydroxylation is 1. The summed E-state index contributed by atoms with van der Waals surface area (Å²) in [6.45, 7) is 9.38. The van der Waals surface area contributed by atoms with Crippen molar-refractivity contribution in [2.24, 2.45) is 4.99 Å². The lowest BCUT2D eigenvalue weighted by Gasteiger charge is -2.16. The molecule has 160 valence electrons. The Morgan fingerprint density at radius 2 is 2.11 bits per heavy atom. The number of nitrogens with one attached hydrogen (secondary N) is 2. The van der Waals surface area contributed by atoms with Crippen LogP contribution in [0.4, 0.5) is 0 Å². The van der Waals surface area contributed by atoms with Crippen molar-refractivity contribution in [3.05, 3.63) is 29.3 Å². The highest BCUT2D eigenvalue weighted by molar-refractivity contribution is 14.0. The molecule has 0 aliphatic carbocycles. The molecule has 1 aromatic rings. The molecule has 8 heteroatoms. The Morgan fingerprint density at radius 3 is 2.82 bits per heavy atom. The lowest BCUT2D eigenvalue weighted by Crippen LogP contribution is -2.39. The van der Waals surface area contributed by atoms with Gasteiger partial charge in [0, 0.05) is 32.2 Å². The monoisotopic (exact) mass is 507 g/mol. The van der Waals surface area contributed by atoms with Crippen molar-refractivity contribution in [2.75, 3.05) is 53.2 Å². The molecule has 1 aliphatic rings. The van der Waals surface area contributed by atoms with E-state index >= 15 is 0 Å². The first kappa shape index (κ1) is 24.9. The number of methoxy groups -OCH3 is 1. The number of rotatable bonds is 11. The zero-order chi connectivity index (χ0) is 19.3. The van der Waals surface area contributed by atoms with Crippen LogP contribution in [0.25, 0.3) is 0 Å². The van der Waals surface area contributed by atoms with E-state index in [1.165, 1.54) is 5.56 Å². The lowest BCUT2D eigenvalue weighted by atomic mass is 10.1. The van der Waals surface area contributed by atoms with Crippen LogP contribution in [-0.4, -0.2) is 65.3 Å². The van der Waals surface area contributed by atoms with Crippen molar-refractivity contribution in [1.29, 1.82) is 0 Å². The fourth-order valence-electron chi connectivity index (χ4n) is 2.68. The number of halogens is 1. The fourth-order valence-corrected chi connectivity index (χ4v) is 2.68. The Hall–Kier alpha value is -1.10. The molecule has 1 saturated heterocycles. The van der Waals surface area contributed by atoms with Crippen LogP contribution in [0.5, 0.6) is 5.75 Å². The highest BCUT2D eigenvalue weighted by Gasteiger charge is 2.18. The van der Waals surface area contributed by atoms with Gasteiger partial charge in [0.1, 0.15) is 11.9 Å². The van der Waals surface area contributed by atoms with E-state index in [0.29, 0.717) is 39.5 Å². The molecule has 1 heterocycles. The topological polar surface area (TPSA) is 73.3 Å². The summed E-state index contributed by atoms with van der Waals surface area (Å²) in [5.41, 5.74) is 2.25. The van der Waals surface area contributed by atoms with E-state index in [9.17, 15) is 0 Å². The third kappa shape index (κ3) is 9.40. The molecule has 1 fully saturated rings. The molecule has 0 amide bonds. The lowest BCUT2D eigenvalue weighted by molar-refractivity contribution is 0.0733. The van der Waals surface area contributed by atoms with Crippen molar-refractivity contribution in [1.82, 2.24) is 10.6 Å². The average molecular weight is 507 g/mol. The van der Waals surface area contributed by atoms with E-state index in [1.807, 2.05) is 6.92 Å². The Bertz CT molecular complexity index is 581. The summed E-state index contributed by atoms with van der Waals surface area (Å²) in [5.74, 6) is 1.66. The van der Waals surface area contributed by atoms with Gasteiger partial charge in [-0.2, -0.15) is 0 Å². The molecule has 1 atom stereocenters. The molecule has 0 bridgehead atoms. The highest BCUT2D eigenvalue weighted by atomic mass is 127. The van der Waals surface area contributed by atoms with Gasteiger partial charge in [-0.3, -0.25) is 0 Å². The Morgan fingerprint density at radius 1 is 1.25 bits per heavy atom. The van der Waals surface area contributed by atoms with Crippen molar-refractivity contribution < 1.29 is 18.9 Å². The third-order valence-electron chi connectivity index (χ3n) is 4.13. The van der Waals surface area contributed by atoms with E-state index in [4.69, 9.17) is 18.9 Å². The van der Waals surface area contributed by atoms with Crippen LogP contribution in [0.3, 0.4) is 0 Å². The van der Waals surface area contributed by atoms with E-state index in [-0.39, 0.29) is 30.1 Å². The van der Waals surface area contributed by atoms with Crippen LogP contribution in [-0.2, 0) is 20.8 Å². The van der Waals surface area contributed by atoms with Gasteiger partial charge in [-0.05, 0) is 25.5 Å². The summed E-state index contributed by atoms with van der Waals surface area (Å²) in [6.07, 6.45) is 1.06.